The van der Waals surface area contributed by atoms with E-state index in [2.05, 4.69) is 17.9 Å². The van der Waals surface area contributed by atoms with E-state index < -0.39 is 30.1 Å². The van der Waals surface area contributed by atoms with Crippen LogP contribution in [0.15, 0.2) is 41.3 Å². The number of carbonyl (C=O) groups is 1. The second-order valence-corrected chi connectivity index (χ2v) is 5.15. The monoisotopic (exact) mass is 375 g/mol. The first-order valence-corrected chi connectivity index (χ1v) is 7.79. The van der Waals surface area contributed by atoms with Crippen molar-refractivity contribution in [2.75, 3.05) is 11.9 Å². The van der Waals surface area contributed by atoms with E-state index in [-0.39, 0.29) is 21.7 Å². The van der Waals surface area contributed by atoms with Gasteiger partial charge in [-0.05, 0) is 35.9 Å². The fourth-order valence-electron chi connectivity index (χ4n) is 2.00. The number of anilines is 1. The molecular formula is C17H17F4NO2S. The second-order valence-electron chi connectivity index (χ2n) is 4.67. The van der Waals surface area contributed by atoms with E-state index >= 15 is 0 Å². The highest BCUT2D eigenvalue weighted by Crippen LogP contribution is 2.38. The average molecular weight is 375 g/mol. The third kappa shape index (κ3) is 5.67. The van der Waals surface area contributed by atoms with Crippen molar-refractivity contribution in [3.8, 4) is 11.1 Å². The molecule has 0 aliphatic rings. The van der Waals surface area contributed by atoms with E-state index in [1.165, 1.54) is 6.07 Å². The molecule has 0 aromatic heterocycles. The molecule has 0 saturated heterocycles. The van der Waals surface area contributed by atoms with Crippen molar-refractivity contribution >= 4 is 24.3 Å². The Labute approximate surface area is 148 Å². The van der Waals surface area contributed by atoms with Gasteiger partial charge < -0.3 is 10.4 Å². The van der Waals surface area contributed by atoms with Crippen molar-refractivity contribution in [2.24, 2.45) is 0 Å². The maximum absolute atomic E-state index is 13.2. The lowest BCUT2D eigenvalue weighted by Gasteiger charge is -2.16. The normalized spacial score (nSPS) is 10.7. The van der Waals surface area contributed by atoms with E-state index in [1.54, 1.807) is 0 Å². The minimum atomic E-state index is -4.56. The zero-order chi connectivity index (χ0) is 19.2. The van der Waals surface area contributed by atoms with Gasteiger partial charge in [0.1, 0.15) is 12.4 Å². The van der Waals surface area contributed by atoms with Crippen LogP contribution in [0.5, 0.6) is 0 Å². The molecule has 0 aliphatic heterocycles. The fraction of sp³-hybridized carbons (Fsp3) is 0.235. The van der Waals surface area contributed by atoms with Gasteiger partial charge in [-0.1, -0.05) is 19.9 Å². The Morgan fingerprint density at radius 2 is 1.76 bits per heavy atom. The third-order valence-electron chi connectivity index (χ3n) is 3.03. The van der Waals surface area contributed by atoms with E-state index in [1.807, 2.05) is 13.8 Å². The van der Waals surface area contributed by atoms with Crippen LogP contribution in [0.4, 0.5) is 23.2 Å². The molecular weight excluding hydrogens is 358 g/mol. The number of alkyl halides is 3. The molecule has 0 spiro atoms. The lowest BCUT2D eigenvalue weighted by Crippen LogP contribution is -2.13. The Morgan fingerprint density at radius 3 is 2.28 bits per heavy atom. The standard InChI is InChI=1S/C15H11F4NO2S.C2H6/c16-9-2-3-10(13(23)6-9)11-5-8(15(17,18)19)1-4-12(11)20-7-14(21)22;1-2/h1-6,20,23H,7H2,(H,21,22);1-2H3. The van der Waals surface area contributed by atoms with E-state index in [0.717, 1.165) is 30.3 Å². The molecule has 2 N–H and O–H groups in total. The number of rotatable bonds is 4. The summed E-state index contributed by atoms with van der Waals surface area (Å²) in [5.41, 5.74) is -0.368. The van der Waals surface area contributed by atoms with E-state index in [9.17, 15) is 22.4 Å². The van der Waals surface area contributed by atoms with Crippen LogP contribution in [0.2, 0.25) is 0 Å². The van der Waals surface area contributed by atoms with Crippen LogP contribution in [0.1, 0.15) is 19.4 Å². The highest BCUT2D eigenvalue weighted by Gasteiger charge is 2.31. The summed E-state index contributed by atoms with van der Waals surface area (Å²) in [5.74, 6) is -1.74. The minimum absolute atomic E-state index is 0.0890. The van der Waals surface area contributed by atoms with Crippen molar-refractivity contribution < 1.29 is 27.5 Å². The maximum atomic E-state index is 13.2. The molecule has 0 fully saturated rings. The SMILES string of the molecule is CC.O=C(O)CNc1ccc(C(F)(F)F)cc1-c1ccc(F)cc1S. The molecule has 0 amide bonds. The average Bonchev–Trinajstić information content (AvgIpc) is 2.54. The van der Waals surface area contributed by atoms with Crippen molar-refractivity contribution in [1.82, 2.24) is 0 Å². The first kappa shape index (κ1) is 20.8. The predicted molar refractivity (Wildman–Crippen MR) is 91.6 cm³/mol. The van der Waals surface area contributed by atoms with Gasteiger partial charge in [0.05, 0.1) is 5.56 Å². The molecule has 0 heterocycles. The van der Waals surface area contributed by atoms with Crippen LogP contribution >= 0.6 is 12.6 Å². The van der Waals surface area contributed by atoms with Crippen LogP contribution in [0.25, 0.3) is 11.1 Å². The fourth-order valence-corrected chi connectivity index (χ4v) is 2.32. The summed E-state index contributed by atoms with van der Waals surface area (Å²) in [6.07, 6.45) is -4.56. The summed E-state index contributed by atoms with van der Waals surface area (Å²) in [7, 11) is 0. The molecule has 8 heteroatoms. The lowest BCUT2D eigenvalue weighted by atomic mass is 10.00. The smallest absolute Gasteiger partial charge is 0.416 e. The molecule has 3 nitrogen and oxygen atoms in total. The summed E-state index contributed by atoms with van der Waals surface area (Å²) < 4.78 is 51.9. The first-order valence-electron chi connectivity index (χ1n) is 7.34. The zero-order valence-corrected chi connectivity index (χ0v) is 14.4. The molecule has 2 aromatic carbocycles. The molecule has 0 bridgehead atoms. The van der Waals surface area contributed by atoms with Crippen LogP contribution in [0, 0.1) is 5.82 Å². The number of hydrogen-bond donors (Lipinski definition) is 3. The predicted octanol–water partition coefficient (Wildman–Crippen LogP) is 5.32. The highest BCUT2D eigenvalue weighted by atomic mass is 32.1. The van der Waals surface area contributed by atoms with Crippen molar-refractivity contribution in [3.05, 3.63) is 47.8 Å². The largest absolute Gasteiger partial charge is 0.480 e. The van der Waals surface area contributed by atoms with Crippen molar-refractivity contribution in [1.29, 1.82) is 0 Å². The van der Waals surface area contributed by atoms with Gasteiger partial charge in [-0.25, -0.2) is 4.39 Å². The number of benzene rings is 2. The molecule has 0 atom stereocenters. The molecule has 0 unspecified atom stereocenters. The van der Waals surface area contributed by atoms with E-state index in [4.69, 9.17) is 5.11 Å². The maximum Gasteiger partial charge on any atom is 0.416 e. The Morgan fingerprint density at radius 1 is 1.12 bits per heavy atom. The van der Waals surface area contributed by atoms with Crippen LogP contribution < -0.4 is 5.32 Å². The van der Waals surface area contributed by atoms with Gasteiger partial charge in [0.2, 0.25) is 0 Å². The number of nitrogens with one attached hydrogen (secondary N) is 1. The van der Waals surface area contributed by atoms with Gasteiger partial charge in [-0.15, -0.1) is 12.6 Å². The van der Waals surface area contributed by atoms with Gasteiger partial charge in [0, 0.05) is 16.1 Å². The van der Waals surface area contributed by atoms with Gasteiger partial charge >= 0.3 is 12.1 Å². The summed E-state index contributed by atoms with van der Waals surface area (Å²) in [6, 6.07) is 6.30. The Hall–Kier alpha value is -2.22. The van der Waals surface area contributed by atoms with E-state index in [0.29, 0.717) is 0 Å². The van der Waals surface area contributed by atoms with Gasteiger partial charge in [0.15, 0.2) is 0 Å². The third-order valence-corrected chi connectivity index (χ3v) is 3.40. The zero-order valence-electron chi connectivity index (χ0n) is 13.5. The molecule has 0 aliphatic carbocycles. The Balaban J connectivity index is 0.00000151. The summed E-state index contributed by atoms with van der Waals surface area (Å²) >= 11 is 4.08. The summed E-state index contributed by atoms with van der Waals surface area (Å²) in [5, 5.41) is 11.2. The molecule has 2 rings (SSSR count). The number of carboxylic acids is 1. The van der Waals surface area contributed by atoms with Crippen molar-refractivity contribution in [2.45, 2.75) is 24.9 Å². The first-order chi connectivity index (χ1) is 11.7. The van der Waals surface area contributed by atoms with Gasteiger partial charge in [-0.2, -0.15) is 13.2 Å². The topological polar surface area (TPSA) is 49.3 Å². The van der Waals surface area contributed by atoms with Gasteiger partial charge in [0.25, 0.3) is 0 Å². The van der Waals surface area contributed by atoms with Crippen molar-refractivity contribution in [3.63, 3.8) is 0 Å². The number of halogens is 4. The molecule has 0 radical (unpaired) electrons. The molecule has 0 saturated carbocycles. The summed E-state index contributed by atoms with van der Waals surface area (Å²) in [6.45, 7) is 3.53. The number of thiol groups is 1. The quantitative estimate of drug-likeness (QED) is 0.501. The number of hydrogen-bond acceptors (Lipinski definition) is 3. The number of aliphatic carboxylic acids is 1. The number of carboxylic acid groups (broad SMARTS) is 1. The lowest BCUT2D eigenvalue weighted by molar-refractivity contribution is -0.137. The Kier molecular flexibility index (Phi) is 7.29. The highest BCUT2D eigenvalue weighted by molar-refractivity contribution is 7.80. The minimum Gasteiger partial charge on any atom is -0.480 e. The van der Waals surface area contributed by atoms with Crippen LogP contribution in [0.3, 0.4) is 0 Å². The van der Waals surface area contributed by atoms with Crippen LogP contribution in [-0.4, -0.2) is 17.6 Å². The second kappa shape index (κ2) is 8.75. The molecule has 136 valence electrons. The molecule has 2 aromatic rings. The Bertz CT molecular complexity index is 748. The molecule has 25 heavy (non-hydrogen) atoms. The van der Waals surface area contributed by atoms with Crippen LogP contribution in [-0.2, 0) is 11.0 Å². The van der Waals surface area contributed by atoms with Gasteiger partial charge in [-0.3, -0.25) is 4.79 Å². The summed E-state index contributed by atoms with van der Waals surface area (Å²) in [4.78, 5) is 10.8.